The van der Waals surface area contributed by atoms with Gasteiger partial charge in [0.15, 0.2) is 18.2 Å². The first-order valence-electron chi connectivity index (χ1n) is 7.22. The van der Waals surface area contributed by atoms with Gasteiger partial charge in [-0.1, -0.05) is 12.1 Å². The number of rotatable bonds is 2. The van der Waals surface area contributed by atoms with E-state index in [1.54, 1.807) is 13.8 Å². The predicted molar refractivity (Wildman–Crippen MR) is 81.1 cm³/mol. The molecule has 8 heteroatoms. The Bertz CT molecular complexity index is 734. The third-order valence-electron chi connectivity index (χ3n) is 3.80. The van der Waals surface area contributed by atoms with Gasteiger partial charge in [-0.3, -0.25) is 0 Å². The van der Waals surface area contributed by atoms with Crippen LogP contribution >= 0.6 is 15.9 Å². The van der Waals surface area contributed by atoms with Crippen LogP contribution in [0, 0.1) is 0 Å². The summed E-state index contributed by atoms with van der Waals surface area (Å²) in [5, 5.41) is 18.4. The molecule has 0 amide bonds. The van der Waals surface area contributed by atoms with Gasteiger partial charge in [0, 0.05) is 4.47 Å². The molecule has 122 valence electrons. The maximum atomic E-state index is 10.4. The van der Waals surface area contributed by atoms with E-state index in [1.165, 1.54) is 0 Å². The fourth-order valence-corrected chi connectivity index (χ4v) is 3.24. The molecule has 4 atom stereocenters. The predicted octanol–water partition coefficient (Wildman–Crippen LogP) is 2.41. The van der Waals surface area contributed by atoms with Crippen LogP contribution in [0.1, 0.15) is 25.8 Å². The summed E-state index contributed by atoms with van der Waals surface area (Å²) in [6.07, 6.45) is -2.93. The summed E-state index contributed by atoms with van der Waals surface area (Å²) in [6, 6.07) is 7.51. The van der Waals surface area contributed by atoms with Crippen molar-refractivity contribution in [2.45, 2.75) is 44.2 Å². The fourth-order valence-electron chi connectivity index (χ4n) is 2.79. The van der Waals surface area contributed by atoms with Gasteiger partial charge in [-0.15, -0.1) is 10.2 Å². The molecule has 1 aromatic carbocycles. The molecule has 3 heterocycles. The molecule has 23 heavy (non-hydrogen) atoms. The zero-order valence-corrected chi connectivity index (χ0v) is 14.1. The zero-order chi connectivity index (χ0) is 16.2. The number of aromatic nitrogens is 2. The second kappa shape index (κ2) is 5.35. The van der Waals surface area contributed by atoms with E-state index in [0.717, 1.165) is 10.0 Å². The van der Waals surface area contributed by atoms with Crippen LogP contribution in [0.25, 0.3) is 11.5 Å². The van der Waals surface area contributed by atoms with Crippen molar-refractivity contribution in [1.29, 1.82) is 0 Å². The van der Waals surface area contributed by atoms with Crippen molar-refractivity contribution in [2.75, 3.05) is 0 Å². The van der Waals surface area contributed by atoms with Gasteiger partial charge in [-0.2, -0.15) is 0 Å². The smallest absolute Gasteiger partial charge is 0.249 e. The summed E-state index contributed by atoms with van der Waals surface area (Å²) in [7, 11) is 0. The monoisotopic (exact) mass is 382 g/mol. The van der Waals surface area contributed by atoms with Crippen molar-refractivity contribution in [3.63, 3.8) is 0 Å². The molecule has 0 saturated carbocycles. The van der Waals surface area contributed by atoms with Crippen LogP contribution in [-0.4, -0.2) is 39.6 Å². The standard InChI is InChI=1S/C15H15BrN2O5/c1-15(2)22-11-9(19)10(20-14(11)23-15)13-18-17-12(21-13)7-5-3-4-6-8(7)16/h3-6,9-11,14,19H,1-2H3/t9-,10-,11+,14+/m0/s1. The Kier molecular flexibility index (Phi) is 3.54. The Labute approximate surface area is 140 Å². The second-order valence-corrected chi connectivity index (χ2v) is 6.80. The summed E-state index contributed by atoms with van der Waals surface area (Å²) in [6.45, 7) is 3.54. The molecule has 2 aromatic rings. The molecule has 1 N–H and O–H groups in total. The molecule has 0 aliphatic carbocycles. The number of fused-ring (bicyclic) bond motifs is 1. The Balaban J connectivity index is 1.58. The lowest BCUT2D eigenvalue weighted by molar-refractivity contribution is -0.218. The Morgan fingerprint density at radius 3 is 2.70 bits per heavy atom. The van der Waals surface area contributed by atoms with Gasteiger partial charge in [0.2, 0.25) is 11.8 Å². The summed E-state index contributed by atoms with van der Waals surface area (Å²) in [5.41, 5.74) is 0.771. The summed E-state index contributed by atoms with van der Waals surface area (Å²) in [4.78, 5) is 0. The first-order chi connectivity index (χ1) is 10.9. The van der Waals surface area contributed by atoms with E-state index in [1.807, 2.05) is 24.3 Å². The number of nitrogens with zero attached hydrogens (tertiary/aromatic N) is 2. The van der Waals surface area contributed by atoms with E-state index in [2.05, 4.69) is 26.1 Å². The van der Waals surface area contributed by atoms with E-state index in [4.69, 9.17) is 18.6 Å². The molecule has 4 rings (SSSR count). The van der Waals surface area contributed by atoms with E-state index in [9.17, 15) is 5.11 Å². The first kappa shape index (κ1) is 15.2. The van der Waals surface area contributed by atoms with Gasteiger partial charge in [0.25, 0.3) is 0 Å². The molecular formula is C15H15BrN2O5. The molecule has 7 nitrogen and oxygen atoms in total. The first-order valence-corrected chi connectivity index (χ1v) is 8.01. The molecular weight excluding hydrogens is 368 g/mol. The molecule has 0 bridgehead atoms. The number of ether oxygens (including phenoxy) is 3. The van der Waals surface area contributed by atoms with Gasteiger partial charge in [0.05, 0.1) is 5.56 Å². The highest BCUT2D eigenvalue weighted by Crippen LogP contribution is 2.43. The van der Waals surface area contributed by atoms with Crippen molar-refractivity contribution >= 4 is 15.9 Å². The average molecular weight is 383 g/mol. The van der Waals surface area contributed by atoms with Crippen LogP contribution in [-0.2, 0) is 14.2 Å². The Morgan fingerprint density at radius 1 is 1.17 bits per heavy atom. The summed E-state index contributed by atoms with van der Waals surface area (Å²) >= 11 is 3.44. The van der Waals surface area contributed by atoms with Crippen molar-refractivity contribution < 1.29 is 23.7 Å². The highest BCUT2D eigenvalue weighted by molar-refractivity contribution is 9.10. The molecule has 0 radical (unpaired) electrons. The van der Waals surface area contributed by atoms with E-state index in [0.29, 0.717) is 5.89 Å². The summed E-state index contributed by atoms with van der Waals surface area (Å²) in [5.74, 6) is -0.235. The Morgan fingerprint density at radius 2 is 1.96 bits per heavy atom. The average Bonchev–Trinajstić information content (AvgIpc) is 3.15. The SMILES string of the molecule is CC1(C)O[C@H]2O[C@H](c3nnc(-c4ccccc4Br)o3)[C@H](O)[C@H]2O1. The minimum absolute atomic E-state index is 0.197. The van der Waals surface area contributed by atoms with Crippen LogP contribution in [0.5, 0.6) is 0 Å². The van der Waals surface area contributed by atoms with Gasteiger partial charge >= 0.3 is 0 Å². The van der Waals surface area contributed by atoms with Gasteiger partial charge < -0.3 is 23.7 Å². The molecule has 2 saturated heterocycles. The number of aliphatic hydroxyl groups excluding tert-OH is 1. The van der Waals surface area contributed by atoms with E-state index >= 15 is 0 Å². The lowest BCUT2D eigenvalue weighted by Gasteiger charge is -2.21. The summed E-state index contributed by atoms with van der Waals surface area (Å²) < 4.78 is 23.5. The molecule has 0 unspecified atom stereocenters. The quantitative estimate of drug-likeness (QED) is 0.852. The van der Waals surface area contributed by atoms with Crippen LogP contribution in [0.15, 0.2) is 33.2 Å². The minimum atomic E-state index is -0.936. The number of aliphatic hydroxyl groups is 1. The second-order valence-electron chi connectivity index (χ2n) is 5.94. The molecule has 2 aliphatic heterocycles. The van der Waals surface area contributed by atoms with Gasteiger partial charge in [-0.25, -0.2) is 0 Å². The molecule has 2 fully saturated rings. The van der Waals surface area contributed by atoms with E-state index in [-0.39, 0.29) is 5.89 Å². The maximum Gasteiger partial charge on any atom is 0.249 e. The zero-order valence-electron chi connectivity index (χ0n) is 12.5. The normalized spacial score (nSPS) is 32.2. The minimum Gasteiger partial charge on any atom is -0.418 e. The van der Waals surface area contributed by atoms with Crippen LogP contribution in [0.2, 0.25) is 0 Å². The highest BCUT2D eigenvalue weighted by Gasteiger charge is 2.56. The highest BCUT2D eigenvalue weighted by atomic mass is 79.9. The number of benzene rings is 1. The van der Waals surface area contributed by atoms with Crippen molar-refractivity contribution in [2.24, 2.45) is 0 Å². The van der Waals surface area contributed by atoms with Crippen LogP contribution in [0.3, 0.4) is 0 Å². The number of hydrogen-bond acceptors (Lipinski definition) is 7. The largest absolute Gasteiger partial charge is 0.418 e. The lowest BCUT2D eigenvalue weighted by Crippen LogP contribution is -2.31. The van der Waals surface area contributed by atoms with Crippen LogP contribution < -0.4 is 0 Å². The maximum absolute atomic E-state index is 10.4. The van der Waals surface area contributed by atoms with Gasteiger partial charge in [0.1, 0.15) is 12.2 Å². The van der Waals surface area contributed by atoms with Crippen molar-refractivity contribution in [1.82, 2.24) is 10.2 Å². The van der Waals surface area contributed by atoms with Crippen LogP contribution in [0.4, 0.5) is 0 Å². The van der Waals surface area contributed by atoms with Crippen molar-refractivity contribution in [3.05, 3.63) is 34.6 Å². The topological polar surface area (TPSA) is 86.8 Å². The molecule has 0 spiro atoms. The number of hydrogen-bond donors (Lipinski definition) is 1. The third-order valence-corrected chi connectivity index (χ3v) is 4.50. The fraction of sp³-hybridized carbons (Fsp3) is 0.467. The van der Waals surface area contributed by atoms with Crippen molar-refractivity contribution in [3.8, 4) is 11.5 Å². The Hall–Kier alpha value is -1.32. The molecule has 2 aliphatic rings. The number of halogens is 1. The third kappa shape index (κ3) is 2.60. The van der Waals surface area contributed by atoms with Gasteiger partial charge in [-0.05, 0) is 41.9 Å². The van der Waals surface area contributed by atoms with E-state index < -0.39 is 30.4 Å². The molecule has 1 aromatic heterocycles. The lowest BCUT2D eigenvalue weighted by atomic mass is 10.1.